The van der Waals surface area contributed by atoms with Crippen LogP contribution >= 0.6 is 0 Å². The van der Waals surface area contributed by atoms with Crippen LogP contribution in [0.2, 0.25) is 0 Å². The molecule has 0 spiro atoms. The second-order valence-corrected chi connectivity index (χ2v) is 13.4. The lowest BCUT2D eigenvalue weighted by atomic mass is 10.0. The van der Waals surface area contributed by atoms with Gasteiger partial charge in [0.05, 0.1) is 35.3 Å². The zero-order valence-electron chi connectivity index (χ0n) is 26.3. The van der Waals surface area contributed by atoms with E-state index < -0.39 is 5.91 Å². The molecule has 238 valence electrons. The average Bonchev–Trinajstić information content (AvgIpc) is 3.34. The lowest BCUT2D eigenvalue weighted by Crippen LogP contribution is -2.41. The lowest BCUT2D eigenvalue weighted by Gasteiger charge is -2.27. The number of benzene rings is 1. The molecule has 3 fully saturated rings. The number of nitrogens with zero attached hydrogens (tertiary/aromatic N) is 7. The molecule has 2 bridgehead atoms. The van der Waals surface area contributed by atoms with Crippen molar-refractivity contribution in [1.29, 1.82) is 0 Å². The molecule has 2 aliphatic carbocycles. The maximum atomic E-state index is 13.7. The Morgan fingerprint density at radius 3 is 2.64 bits per heavy atom. The highest BCUT2D eigenvalue weighted by Gasteiger charge is 2.47. The number of carbonyl (C=O) groups is 2. The maximum absolute atomic E-state index is 13.7. The predicted octanol–water partition coefficient (Wildman–Crippen LogP) is 3.23. The summed E-state index contributed by atoms with van der Waals surface area (Å²) in [7, 11) is 3.62. The minimum absolute atomic E-state index is 0.0167. The van der Waals surface area contributed by atoms with Gasteiger partial charge in [-0.3, -0.25) is 19.6 Å². The molecule has 4 N–H and O–H groups in total. The van der Waals surface area contributed by atoms with Gasteiger partial charge in [-0.15, -0.1) is 0 Å². The van der Waals surface area contributed by atoms with Crippen molar-refractivity contribution in [3.63, 3.8) is 0 Å². The number of fused-ring (bicyclic) bond motifs is 5. The third kappa shape index (κ3) is 4.31. The Balaban J connectivity index is 1.12. The van der Waals surface area contributed by atoms with E-state index >= 15 is 0 Å². The smallest absolute Gasteiger partial charge is 0.254 e. The van der Waals surface area contributed by atoms with Gasteiger partial charge in [-0.2, -0.15) is 0 Å². The summed E-state index contributed by atoms with van der Waals surface area (Å²) in [6, 6.07) is 9.72. The van der Waals surface area contributed by atoms with E-state index in [2.05, 4.69) is 26.7 Å². The molecule has 3 aromatic heterocycles. The number of hydrogen-bond acceptors (Lipinski definition) is 8. The van der Waals surface area contributed by atoms with Gasteiger partial charge in [0.15, 0.2) is 5.82 Å². The highest BCUT2D eigenvalue weighted by Crippen LogP contribution is 2.40. The highest BCUT2D eigenvalue weighted by molar-refractivity contribution is 6.17. The third-order valence-corrected chi connectivity index (χ3v) is 10.6. The molecule has 2 amide bonds. The Labute approximate surface area is 270 Å². The number of aromatic nitrogens is 4. The van der Waals surface area contributed by atoms with Crippen LogP contribution in [-0.2, 0) is 18.4 Å². The number of nitrogens with two attached hydrogens (primary N) is 2. The van der Waals surface area contributed by atoms with Crippen molar-refractivity contribution in [2.45, 2.75) is 50.4 Å². The number of piperidine rings is 1. The summed E-state index contributed by atoms with van der Waals surface area (Å²) in [4.78, 5) is 46.7. The number of likely N-dealkylation sites (tertiary alicyclic amines) is 1. The van der Waals surface area contributed by atoms with Gasteiger partial charge in [0.2, 0.25) is 0 Å². The summed E-state index contributed by atoms with van der Waals surface area (Å²) in [5, 5.41) is 1.00. The van der Waals surface area contributed by atoms with Gasteiger partial charge in [-0.05, 0) is 73.9 Å². The Morgan fingerprint density at radius 2 is 1.91 bits per heavy atom. The molecule has 12 heteroatoms. The number of amides is 2. The zero-order chi connectivity index (χ0) is 32.1. The SMILES string of the molecule is COc1cc(C(=O)N2CC3CCC2[C@@H]3N)cc2nc(-c3cc4ccc(C5=CC6N=CC(C(N)=O)=C6N=C5)nc4n3CC3CC3)n(C)c12. The Morgan fingerprint density at radius 1 is 1.06 bits per heavy atom. The van der Waals surface area contributed by atoms with Gasteiger partial charge in [0, 0.05) is 61.2 Å². The van der Waals surface area contributed by atoms with Crippen molar-refractivity contribution in [2.24, 2.45) is 40.3 Å². The van der Waals surface area contributed by atoms with E-state index in [1.54, 1.807) is 13.3 Å². The molecule has 1 aromatic carbocycles. The third-order valence-electron chi connectivity index (χ3n) is 10.6. The minimum atomic E-state index is -0.532. The molecule has 0 radical (unpaired) electrons. The molecule has 12 nitrogen and oxygen atoms in total. The first-order valence-corrected chi connectivity index (χ1v) is 16.2. The van der Waals surface area contributed by atoms with Crippen molar-refractivity contribution in [1.82, 2.24) is 24.0 Å². The number of pyridine rings is 1. The Hall–Kier alpha value is -5.10. The summed E-state index contributed by atoms with van der Waals surface area (Å²) in [6.07, 6.45) is 9.59. The van der Waals surface area contributed by atoms with Gasteiger partial charge in [-0.25, -0.2) is 9.97 Å². The molecular formula is C35H35N9O3. The normalized spacial score (nSPS) is 24.6. The largest absolute Gasteiger partial charge is 0.494 e. The number of imidazole rings is 1. The molecule has 3 unspecified atom stereocenters. The fourth-order valence-corrected chi connectivity index (χ4v) is 7.90. The van der Waals surface area contributed by atoms with Gasteiger partial charge in [-0.1, -0.05) is 0 Å². The summed E-state index contributed by atoms with van der Waals surface area (Å²) in [5.74, 6) is 1.79. The summed E-state index contributed by atoms with van der Waals surface area (Å²) >= 11 is 0. The molecule has 4 aromatic rings. The number of rotatable bonds is 7. The van der Waals surface area contributed by atoms with Crippen LogP contribution in [0, 0.1) is 11.8 Å². The summed E-state index contributed by atoms with van der Waals surface area (Å²) in [5.41, 5.74) is 18.4. The van der Waals surface area contributed by atoms with Crippen LogP contribution in [0.3, 0.4) is 0 Å². The number of primary amides is 1. The standard InChI is InChI=1S/C35H35N9O3/c1-42-31-25(9-20(12-28(31)47-2)35(46)44-16-19-6-8-26(44)29(19)36)41-34(42)27-11-18-5-7-23(40-33(18)43(27)15-17-3-4-17)21-10-24-30(39-13-21)22(14-38-24)32(37)45/h5,7,9-14,17,19,24,26,29H,3-4,6,8,15-16,36H2,1-2H3,(H2,37,45)/t19?,24?,26?,29-/m1/s1. The van der Waals surface area contributed by atoms with Gasteiger partial charge >= 0.3 is 0 Å². The van der Waals surface area contributed by atoms with E-state index in [0.717, 1.165) is 58.7 Å². The van der Waals surface area contributed by atoms with Crippen LogP contribution in [-0.4, -0.2) is 80.0 Å². The summed E-state index contributed by atoms with van der Waals surface area (Å²) in [6.45, 7) is 1.53. The molecule has 3 aliphatic heterocycles. The van der Waals surface area contributed by atoms with Crippen LogP contribution in [0.25, 0.3) is 39.2 Å². The second kappa shape index (κ2) is 10.2. The predicted molar refractivity (Wildman–Crippen MR) is 179 cm³/mol. The number of ether oxygens (including phenoxy) is 1. The Bertz CT molecular complexity index is 2160. The van der Waals surface area contributed by atoms with Crippen molar-refractivity contribution in [3.05, 3.63) is 58.9 Å². The highest BCUT2D eigenvalue weighted by atomic mass is 16.5. The van der Waals surface area contributed by atoms with Gasteiger partial charge < -0.3 is 30.2 Å². The fraction of sp³-hybridized carbons (Fsp3) is 0.371. The molecule has 6 heterocycles. The number of carbonyl (C=O) groups excluding carboxylic acids is 2. The first-order chi connectivity index (χ1) is 22.8. The first-order valence-electron chi connectivity index (χ1n) is 16.2. The number of aryl methyl sites for hydroxylation is 1. The van der Waals surface area contributed by atoms with E-state index in [1.807, 2.05) is 40.8 Å². The fourth-order valence-electron chi connectivity index (χ4n) is 7.90. The Kier molecular flexibility index (Phi) is 6.11. The molecule has 4 atom stereocenters. The quantitative estimate of drug-likeness (QED) is 0.319. The van der Waals surface area contributed by atoms with E-state index in [-0.39, 0.29) is 24.0 Å². The number of dihydropyridines is 1. The monoisotopic (exact) mass is 629 g/mol. The van der Waals surface area contributed by atoms with Crippen molar-refractivity contribution < 1.29 is 14.3 Å². The number of methoxy groups -OCH3 is 1. The van der Waals surface area contributed by atoms with Crippen molar-refractivity contribution >= 4 is 51.9 Å². The maximum Gasteiger partial charge on any atom is 0.254 e. The van der Waals surface area contributed by atoms with Crippen LogP contribution < -0.4 is 16.2 Å². The zero-order valence-corrected chi connectivity index (χ0v) is 26.3. The van der Waals surface area contributed by atoms with Crippen molar-refractivity contribution in [2.75, 3.05) is 13.7 Å². The van der Waals surface area contributed by atoms with Crippen LogP contribution in [0.4, 0.5) is 0 Å². The molecule has 47 heavy (non-hydrogen) atoms. The number of hydrogen-bond donors (Lipinski definition) is 2. The van der Waals surface area contributed by atoms with Crippen molar-refractivity contribution in [3.8, 4) is 17.3 Å². The van der Waals surface area contributed by atoms with Crippen LogP contribution in [0.5, 0.6) is 5.75 Å². The molecular weight excluding hydrogens is 594 g/mol. The molecule has 9 rings (SSSR count). The number of allylic oxidation sites excluding steroid dienone is 1. The molecule has 1 saturated heterocycles. The summed E-state index contributed by atoms with van der Waals surface area (Å²) < 4.78 is 10.2. The van der Waals surface area contributed by atoms with Gasteiger partial charge in [0.25, 0.3) is 11.8 Å². The molecule has 2 saturated carbocycles. The molecule has 5 aliphatic rings. The minimum Gasteiger partial charge on any atom is -0.494 e. The average molecular weight is 630 g/mol. The van der Waals surface area contributed by atoms with E-state index in [4.69, 9.17) is 26.2 Å². The lowest BCUT2D eigenvalue weighted by molar-refractivity contribution is -0.114. The van der Waals surface area contributed by atoms with Crippen LogP contribution in [0.1, 0.15) is 41.7 Å². The van der Waals surface area contributed by atoms with Crippen LogP contribution in [0.15, 0.2) is 57.7 Å². The van der Waals surface area contributed by atoms with E-state index in [1.165, 1.54) is 19.1 Å². The second-order valence-electron chi connectivity index (χ2n) is 13.4. The first kappa shape index (κ1) is 28.1. The van der Waals surface area contributed by atoms with E-state index in [9.17, 15) is 9.59 Å². The van der Waals surface area contributed by atoms with Gasteiger partial charge in [0.1, 0.15) is 23.0 Å². The van der Waals surface area contributed by atoms with E-state index in [0.29, 0.717) is 46.5 Å². The topological polar surface area (TPSA) is 159 Å². The number of aliphatic imine (C=N–C) groups is 2.